The molecule has 146 valence electrons. The van der Waals surface area contributed by atoms with Crippen molar-refractivity contribution in [2.45, 2.75) is 18.4 Å². The molecule has 0 saturated carbocycles. The van der Waals surface area contributed by atoms with Gasteiger partial charge in [0, 0.05) is 25.2 Å². The minimum atomic E-state index is -3.79. The summed E-state index contributed by atoms with van der Waals surface area (Å²) in [5.74, 6) is 0.0485. The summed E-state index contributed by atoms with van der Waals surface area (Å²) in [7, 11) is -2.35. The Morgan fingerprint density at radius 1 is 1.18 bits per heavy atom. The SMILES string of the molecule is COc1ccc(S(=O)(=O)NCc2cnn(-c3ccccc3)c2)cc1NC(C)=O. The van der Waals surface area contributed by atoms with Crippen LogP contribution >= 0.6 is 0 Å². The highest BCUT2D eigenvalue weighted by Crippen LogP contribution is 2.27. The molecule has 0 unspecified atom stereocenters. The van der Waals surface area contributed by atoms with E-state index >= 15 is 0 Å². The quantitative estimate of drug-likeness (QED) is 0.634. The number of carbonyl (C=O) groups excluding carboxylic acids is 1. The van der Waals surface area contributed by atoms with Crippen molar-refractivity contribution in [1.29, 1.82) is 0 Å². The van der Waals surface area contributed by atoms with Gasteiger partial charge in [0.25, 0.3) is 0 Å². The molecule has 2 N–H and O–H groups in total. The van der Waals surface area contributed by atoms with Crippen molar-refractivity contribution in [2.75, 3.05) is 12.4 Å². The van der Waals surface area contributed by atoms with Crippen LogP contribution in [-0.2, 0) is 21.4 Å². The molecule has 8 nitrogen and oxygen atoms in total. The Labute approximate surface area is 163 Å². The summed E-state index contributed by atoms with van der Waals surface area (Å²) in [5.41, 5.74) is 1.88. The molecule has 0 aliphatic rings. The molecule has 1 amide bonds. The zero-order valence-corrected chi connectivity index (χ0v) is 16.2. The molecule has 0 saturated heterocycles. The van der Waals surface area contributed by atoms with Gasteiger partial charge in [-0.3, -0.25) is 4.79 Å². The molecule has 0 spiro atoms. The van der Waals surface area contributed by atoms with E-state index in [9.17, 15) is 13.2 Å². The van der Waals surface area contributed by atoms with E-state index in [1.807, 2.05) is 30.3 Å². The number of nitrogens with zero attached hydrogens (tertiary/aromatic N) is 2. The predicted octanol–water partition coefficient (Wildman–Crippen LogP) is 2.32. The lowest BCUT2D eigenvalue weighted by Crippen LogP contribution is -2.23. The number of carbonyl (C=O) groups is 1. The van der Waals surface area contributed by atoms with E-state index < -0.39 is 10.0 Å². The van der Waals surface area contributed by atoms with Gasteiger partial charge in [0.2, 0.25) is 15.9 Å². The summed E-state index contributed by atoms with van der Waals surface area (Å²) >= 11 is 0. The molecule has 9 heteroatoms. The van der Waals surface area contributed by atoms with Gasteiger partial charge in [-0.15, -0.1) is 0 Å². The van der Waals surface area contributed by atoms with Crippen LogP contribution in [0.4, 0.5) is 5.69 Å². The minimum Gasteiger partial charge on any atom is -0.495 e. The third kappa shape index (κ3) is 4.56. The van der Waals surface area contributed by atoms with E-state index in [-0.39, 0.29) is 23.0 Å². The summed E-state index contributed by atoms with van der Waals surface area (Å²) in [6.45, 7) is 1.42. The molecule has 2 aromatic carbocycles. The maximum Gasteiger partial charge on any atom is 0.240 e. The second-order valence-electron chi connectivity index (χ2n) is 6.00. The number of anilines is 1. The van der Waals surface area contributed by atoms with Crippen molar-refractivity contribution < 1.29 is 17.9 Å². The molecule has 0 atom stereocenters. The first-order valence-corrected chi connectivity index (χ1v) is 9.91. The van der Waals surface area contributed by atoms with Crippen LogP contribution in [0.15, 0.2) is 65.8 Å². The molecule has 28 heavy (non-hydrogen) atoms. The number of hydrogen-bond donors (Lipinski definition) is 2. The summed E-state index contributed by atoms with van der Waals surface area (Å²) in [4.78, 5) is 11.4. The van der Waals surface area contributed by atoms with Crippen molar-refractivity contribution in [1.82, 2.24) is 14.5 Å². The Morgan fingerprint density at radius 2 is 1.93 bits per heavy atom. The summed E-state index contributed by atoms with van der Waals surface area (Å²) in [5, 5.41) is 6.81. The number of aromatic nitrogens is 2. The molecule has 0 aliphatic carbocycles. The number of para-hydroxylation sites is 1. The third-order valence-corrected chi connectivity index (χ3v) is 5.31. The summed E-state index contributed by atoms with van der Waals surface area (Å²) in [6.07, 6.45) is 3.36. The Bertz CT molecular complexity index is 1080. The molecule has 1 aromatic heterocycles. The molecule has 3 rings (SSSR count). The van der Waals surface area contributed by atoms with Crippen LogP contribution in [0.3, 0.4) is 0 Å². The lowest BCUT2D eigenvalue weighted by Gasteiger charge is -2.12. The van der Waals surface area contributed by atoms with E-state index in [4.69, 9.17) is 4.74 Å². The van der Waals surface area contributed by atoms with Crippen molar-refractivity contribution in [3.8, 4) is 11.4 Å². The summed E-state index contributed by atoms with van der Waals surface area (Å²) in [6, 6.07) is 13.8. The number of amides is 1. The maximum absolute atomic E-state index is 12.6. The van der Waals surface area contributed by atoms with E-state index in [2.05, 4.69) is 15.1 Å². The number of sulfonamides is 1. The number of benzene rings is 2. The van der Waals surface area contributed by atoms with Crippen molar-refractivity contribution in [3.63, 3.8) is 0 Å². The van der Waals surface area contributed by atoms with Gasteiger partial charge < -0.3 is 10.1 Å². The predicted molar refractivity (Wildman–Crippen MR) is 105 cm³/mol. The van der Waals surface area contributed by atoms with Crippen LogP contribution in [0.5, 0.6) is 5.75 Å². The lowest BCUT2D eigenvalue weighted by molar-refractivity contribution is -0.114. The Morgan fingerprint density at radius 3 is 2.61 bits per heavy atom. The number of ether oxygens (including phenoxy) is 1. The molecular weight excluding hydrogens is 380 g/mol. The summed E-state index contributed by atoms with van der Waals surface area (Å²) < 4.78 is 34.6. The molecule has 0 fully saturated rings. The monoisotopic (exact) mass is 400 g/mol. The van der Waals surface area contributed by atoms with E-state index in [1.165, 1.54) is 32.2 Å². The van der Waals surface area contributed by atoms with E-state index in [0.29, 0.717) is 11.3 Å². The molecule has 0 bridgehead atoms. The third-order valence-electron chi connectivity index (χ3n) is 3.92. The highest BCUT2D eigenvalue weighted by atomic mass is 32.2. The van der Waals surface area contributed by atoms with Gasteiger partial charge in [0.1, 0.15) is 5.75 Å². The fourth-order valence-electron chi connectivity index (χ4n) is 2.58. The van der Waals surface area contributed by atoms with Gasteiger partial charge in [-0.05, 0) is 30.3 Å². The van der Waals surface area contributed by atoms with Crippen LogP contribution in [0.2, 0.25) is 0 Å². The lowest BCUT2D eigenvalue weighted by atomic mass is 10.3. The fraction of sp³-hybridized carbons (Fsp3) is 0.158. The maximum atomic E-state index is 12.6. The van der Waals surface area contributed by atoms with Gasteiger partial charge in [0.05, 0.1) is 29.6 Å². The molecule has 3 aromatic rings. The standard InChI is InChI=1S/C19H20N4O4S/c1-14(24)22-18-10-17(8-9-19(18)27-2)28(25,26)21-12-15-11-20-23(13-15)16-6-4-3-5-7-16/h3-11,13,21H,12H2,1-2H3,(H,22,24). The molecular formula is C19H20N4O4S. The zero-order valence-electron chi connectivity index (χ0n) is 15.4. The Balaban J connectivity index is 1.75. The molecule has 1 heterocycles. The van der Waals surface area contributed by atoms with Crippen LogP contribution < -0.4 is 14.8 Å². The van der Waals surface area contributed by atoms with Gasteiger partial charge >= 0.3 is 0 Å². The van der Waals surface area contributed by atoms with Crippen LogP contribution in [0.25, 0.3) is 5.69 Å². The van der Waals surface area contributed by atoms with Crippen molar-refractivity contribution >= 4 is 21.6 Å². The average Bonchev–Trinajstić information content (AvgIpc) is 3.16. The number of nitrogens with one attached hydrogen (secondary N) is 2. The van der Waals surface area contributed by atoms with Crippen LogP contribution in [0.1, 0.15) is 12.5 Å². The first kappa shape index (κ1) is 19.6. The van der Waals surface area contributed by atoms with Crippen molar-refractivity contribution in [3.05, 3.63) is 66.5 Å². The number of hydrogen-bond acceptors (Lipinski definition) is 5. The van der Waals surface area contributed by atoms with Gasteiger partial charge in [0.15, 0.2) is 0 Å². The second-order valence-corrected chi connectivity index (χ2v) is 7.76. The van der Waals surface area contributed by atoms with Crippen molar-refractivity contribution in [2.24, 2.45) is 0 Å². The highest BCUT2D eigenvalue weighted by molar-refractivity contribution is 7.89. The van der Waals surface area contributed by atoms with Gasteiger partial charge in [-0.1, -0.05) is 18.2 Å². The average molecular weight is 400 g/mol. The Hall–Kier alpha value is -3.17. The highest BCUT2D eigenvalue weighted by Gasteiger charge is 2.17. The van der Waals surface area contributed by atoms with E-state index in [0.717, 1.165) is 5.69 Å². The normalized spacial score (nSPS) is 11.2. The largest absolute Gasteiger partial charge is 0.495 e. The second kappa shape index (κ2) is 8.24. The number of methoxy groups -OCH3 is 1. The number of rotatable bonds is 7. The topological polar surface area (TPSA) is 102 Å². The zero-order chi connectivity index (χ0) is 20.1. The molecule has 0 aliphatic heterocycles. The Kier molecular flexibility index (Phi) is 5.76. The molecule has 0 radical (unpaired) electrons. The minimum absolute atomic E-state index is 0.0208. The van der Waals surface area contributed by atoms with Crippen LogP contribution in [0, 0.1) is 0 Å². The van der Waals surface area contributed by atoms with E-state index in [1.54, 1.807) is 17.1 Å². The first-order chi connectivity index (χ1) is 13.4. The van der Waals surface area contributed by atoms with Gasteiger partial charge in [-0.2, -0.15) is 5.10 Å². The van der Waals surface area contributed by atoms with Crippen LogP contribution in [-0.4, -0.2) is 31.2 Å². The van der Waals surface area contributed by atoms with Gasteiger partial charge in [-0.25, -0.2) is 17.8 Å². The first-order valence-electron chi connectivity index (χ1n) is 8.43. The fourth-order valence-corrected chi connectivity index (χ4v) is 3.62. The smallest absolute Gasteiger partial charge is 0.240 e.